The number of nitrogens with zero attached hydrogens (tertiary/aromatic N) is 3. The molecule has 0 aliphatic carbocycles. The summed E-state index contributed by atoms with van der Waals surface area (Å²) < 4.78 is 32.0. The average Bonchev–Trinajstić information content (AvgIpc) is 3.05. The second-order valence-corrected chi connectivity index (χ2v) is 10.1. The summed E-state index contributed by atoms with van der Waals surface area (Å²) >= 11 is 0. The highest BCUT2D eigenvalue weighted by Gasteiger charge is 2.48. The first-order chi connectivity index (χ1) is 20.8. The van der Waals surface area contributed by atoms with E-state index in [2.05, 4.69) is 10.0 Å². The van der Waals surface area contributed by atoms with E-state index in [1.807, 2.05) is 121 Å². The van der Waals surface area contributed by atoms with Crippen molar-refractivity contribution in [1.29, 1.82) is 0 Å². The third-order valence-electron chi connectivity index (χ3n) is 7.02. The molecule has 1 saturated heterocycles. The van der Waals surface area contributed by atoms with Gasteiger partial charge in [-0.15, -0.1) is 0 Å². The zero-order valence-electron chi connectivity index (χ0n) is 23.4. The molecule has 0 spiro atoms. The van der Waals surface area contributed by atoms with Crippen molar-refractivity contribution in [2.75, 3.05) is 6.61 Å². The minimum Gasteiger partial charge on any atom is -0.374 e. The SMILES string of the molecule is [N-]=[N+]=N[C@@H]1OC(COCc2ccccc2)[C@H](OCc2ccccc2)C(OCc2ccccc2)C1OCc1ccccc1. The molecule has 1 fully saturated rings. The first-order valence-electron chi connectivity index (χ1n) is 14.1. The molecule has 1 aliphatic rings. The van der Waals surface area contributed by atoms with E-state index in [0.29, 0.717) is 19.8 Å². The van der Waals surface area contributed by atoms with Gasteiger partial charge in [0.05, 0.1) is 33.0 Å². The van der Waals surface area contributed by atoms with E-state index in [0.717, 1.165) is 22.3 Å². The largest absolute Gasteiger partial charge is 0.374 e. The fourth-order valence-electron chi connectivity index (χ4n) is 4.91. The monoisotopic (exact) mass is 565 g/mol. The molecule has 5 atom stereocenters. The van der Waals surface area contributed by atoms with Crippen LogP contribution < -0.4 is 0 Å². The number of ether oxygens (including phenoxy) is 5. The molecule has 8 heteroatoms. The molecule has 4 aromatic carbocycles. The van der Waals surface area contributed by atoms with Gasteiger partial charge in [0.2, 0.25) is 0 Å². The summed E-state index contributed by atoms with van der Waals surface area (Å²) in [6.45, 7) is 1.57. The van der Waals surface area contributed by atoms with Crippen LogP contribution in [0.3, 0.4) is 0 Å². The minimum atomic E-state index is -0.943. The molecule has 0 saturated carbocycles. The lowest BCUT2D eigenvalue weighted by Crippen LogP contribution is -2.60. The van der Waals surface area contributed by atoms with Gasteiger partial charge in [-0.1, -0.05) is 126 Å². The van der Waals surface area contributed by atoms with Gasteiger partial charge in [-0.25, -0.2) is 0 Å². The lowest BCUT2D eigenvalue weighted by Gasteiger charge is -2.45. The summed E-state index contributed by atoms with van der Waals surface area (Å²) in [6.07, 6.45) is -3.44. The second kappa shape index (κ2) is 15.8. The first kappa shape index (κ1) is 29.5. The minimum absolute atomic E-state index is 0.211. The molecule has 0 amide bonds. The lowest BCUT2D eigenvalue weighted by atomic mass is 9.97. The predicted molar refractivity (Wildman–Crippen MR) is 159 cm³/mol. The summed E-state index contributed by atoms with van der Waals surface area (Å²) in [5, 5.41) is 3.99. The number of rotatable bonds is 14. The van der Waals surface area contributed by atoms with Gasteiger partial charge < -0.3 is 23.7 Å². The molecule has 0 N–H and O–H groups in total. The second-order valence-electron chi connectivity index (χ2n) is 10.1. The van der Waals surface area contributed by atoms with Gasteiger partial charge in [-0.05, 0) is 27.8 Å². The molecule has 8 nitrogen and oxygen atoms in total. The number of hydrogen-bond acceptors (Lipinski definition) is 6. The van der Waals surface area contributed by atoms with Crippen LogP contribution in [0, 0.1) is 0 Å². The van der Waals surface area contributed by atoms with Crippen LogP contribution in [0.2, 0.25) is 0 Å². The Morgan fingerprint density at radius 1 is 0.548 bits per heavy atom. The van der Waals surface area contributed by atoms with E-state index in [1.54, 1.807) is 0 Å². The fraction of sp³-hybridized carbons (Fsp3) is 0.294. The molecule has 0 bridgehead atoms. The molecular weight excluding hydrogens is 530 g/mol. The Bertz CT molecular complexity index is 1370. The molecule has 5 rings (SSSR count). The van der Waals surface area contributed by atoms with Gasteiger partial charge in [0.1, 0.15) is 24.4 Å². The zero-order chi connectivity index (χ0) is 28.8. The van der Waals surface area contributed by atoms with Crippen molar-refractivity contribution in [1.82, 2.24) is 0 Å². The summed E-state index contributed by atoms with van der Waals surface area (Å²) in [4.78, 5) is 3.08. The summed E-state index contributed by atoms with van der Waals surface area (Å²) in [6, 6.07) is 39.6. The Balaban J connectivity index is 1.41. The maximum atomic E-state index is 9.46. The molecule has 0 aromatic heterocycles. The highest BCUT2D eigenvalue weighted by atomic mass is 16.6. The number of benzene rings is 4. The zero-order valence-corrected chi connectivity index (χ0v) is 23.4. The fourth-order valence-corrected chi connectivity index (χ4v) is 4.91. The van der Waals surface area contributed by atoms with Crippen molar-refractivity contribution < 1.29 is 23.7 Å². The van der Waals surface area contributed by atoms with Crippen LogP contribution >= 0.6 is 0 Å². The summed E-state index contributed by atoms with van der Waals surface area (Å²) in [5.74, 6) is 0. The van der Waals surface area contributed by atoms with E-state index < -0.39 is 30.6 Å². The van der Waals surface area contributed by atoms with Crippen molar-refractivity contribution in [3.05, 3.63) is 154 Å². The summed E-state index contributed by atoms with van der Waals surface area (Å²) in [5.41, 5.74) is 13.5. The molecule has 216 valence electrons. The van der Waals surface area contributed by atoms with E-state index in [-0.39, 0.29) is 13.2 Å². The van der Waals surface area contributed by atoms with Crippen LogP contribution in [0.4, 0.5) is 0 Å². The Kier molecular flexibility index (Phi) is 11.1. The van der Waals surface area contributed by atoms with E-state index in [4.69, 9.17) is 23.7 Å². The van der Waals surface area contributed by atoms with Crippen LogP contribution in [-0.4, -0.2) is 37.3 Å². The summed E-state index contributed by atoms with van der Waals surface area (Å²) in [7, 11) is 0. The highest BCUT2D eigenvalue weighted by Crippen LogP contribution is 2.31. The normalized spacial score (nSPS) is 21.9. The molecular formula is C34H35N3O5. The van der Waals surface area contributed by atoms with Crippen molar-refractivity contribution in [2.24, 2.45) is 5.11 Å². The Morgan fingerprint density at radius 3 is 1.40 bits per heavy atom. The lowest BCUT2D eigenvalue weighted by molar-refractivity contribution is -0.271. The van der Waals surface area contributed by atoms with E-state index >= 15 is 0 Å². The van der Waals surface area contributed by atoms with Gasteiger partial charge in [0.25, 0.3) is 0 Å². The first-order valence-corrected chi connectivity index (χ1v) is 14.1. The highest BCUT2D eigenvalue weighted by molar-refractivity contribution is 5.16. The van der Waals surface area contributed by atoms with Gasteiger partial charge in [0, 0.05) is 4.91 Å². The molecule has 4 aromatic rings. The number of hydrogen-bond donors (Lipinski definition) is 0. The van der Waals surface area contributed by atoms with E-state index in [9.17, 15) is 5.53 Å². The van der Waals surface area contributed by atoms with Crippen molar-refractivity contribution in [3.63, 3.8) is 0 Å². The maximum Gasteiger partial charge on any atom is 0.165 e. The quantitative estimate of drug-likeness (QED) is 0.0933. The van der Waals surface area contributed by atoms with Gasteiger partial charge >= 0.3 is 0 Å². The molecule has 1 heterocycles. The smallest absolute Gasteiger partial charge is 0.165 e. The van der Waals surface area contributed by atoms with Crippen molar-refractivity contribution in [2.45, 2.75) is 57.1 Å². The van der Waals surface area contributed by atoms with Crippen LogP contribution in [0.5, 0.6) is 0 Å². The predicted octanol–water partition coefficient (Wildman–Crippen LogP) is 6.99. The molecule has 0 radical (unpaired) electrons. The molecule has 3 unspecified atom stereocenters. The van der Waals surface area contributed by atoms with Gasteiger partial charge in [-0.2, -0.15) is 0 Å². The third kappa shape index (κ3) is 8.50. The maximum absolute atomic E-state index is 9.46. The average molecular weight is 566 g/mol. The Morgan fingerprint density at radius 2 is 0.952 bits per heavy atom. The van der Waals surface area contributed by atoms with E-state index in [1.165, 1.54) is 0 Å². The third-order valence-corrected chi connectivity index (χ3v) is 7.02. The van der Waals surface area contributed by atoms with Crippen LogP contribution in [-0.2, 0) is 50.1 Å². The van der Waals surface area contributed by atoms with Crippen molar-refractivity contribution in [3.8, 4) is 0 Å². The molecule has 1 aliphatic heterocycles. The topological polar surface area (TPSA) is 94.9 Å². The van der Waals surface area contributed by atoms with Crippen molar-refractivity contribution >= 4 is 0 Å². The van der Waals surface area contributed by atoms with Gasteiger partial charge in [-0.3, -0.25) is 0 Å². The molecule has 42 heavy (non-hydrogen) atoms. The standard InChI is InChI=1S/C34H35N3O5/c35-37-36-34-33(41-24-29-19-11-4-12-20-29)32(40-23-28-17-9-3-10-18-28)31(39-22-27-15-7-2-8-16-27)30(42-34)25-38-21-26-13-5-1-6-14-26/h1-20,30-34H,21-25H2/t30?,31-,32?,33?,34+/m0/s1. The Hall–Kier alpha value is -4.01. The van der Waals surface area contributed by atoms with Crippen LogP contribution in [0.1, 0.15) is 22.3 Å². The van der Waals surface area contributed by atoms with Crippen LogP contribution in [0.15, 0.2) is 126 Å². The Labute approximate surface area is 246 Å². The van der Waals surface area contributed by atoms with Gasteiger partial charge in [0.15, 0.2) is 6.23 Å². The number of azide groups is 1. The van der Waals surface area contributed by atoms with Crippen LogP contribution in [0.25, 0.3) is 10.4 Å².